The molecule has 0 saturated heterocycles. The predicted octanol–water partition coefficient (Wildman–Crippen LogP) is -3.69. The molecule has 0 fully saturated rings. The van der Waals surface area contributed by atoms with E-state index in [2.05, 4.69) is 38.1 Å². The van der Waals surface area contributed by atoms with Crippen molar-refractivity contribution in [3.05, 3.63) is 35.4 Å². The number of aryl methyl sites for hydroxylation is 2. The van der Waals surface area contributed by atoms with Gasteiger partial charge < -0.3 is 24.8 Å². The average Bonchev–Trinajstić information content (AvgIpc) is 1.77. The van der Waals surface area contributed by atoms with Crippen LogP contribution in [0.15, 0.2) is 24.3 Å². The van der Waals surface area contributed by atoms with Crippen molar-refractivity contribution in [2.45, 2.75) is 13.8 Å². The minimum Gasteiger partial charge on any atom is -1.00 e. The van der Waals surface area contributed by atoms with Gasteiger partial charge in [-0.1, -0.05) is 35.4 Å². The molecule has 0 N–H and O–H groups in total. The van der Waals surface area contributed by atoms with E-state index in [0.717, 1.165) is 0 Å². The molecule has 0 aromatic heterocycles. The molecule has 1 rings (SSSR count). The minimum atomic E-state index is 0. The standard InChI is InChI=1S/C8H10.2ClH.Ru/c1-7-3-5-8(2)6-4-7;;;/h3-6H,1-2H3;2*1H;/q;;;+2/p-2. The van der Waals surface area contributed by atoms with Gasteiger partial charge in [0, 0.05) is 0 Å². The molecule has 1 aromatic carbocycles. The van der Waals surface area contributed by atoms with Crippen LogP contribution in [0, 0.1) is 13.8 Å². The largest absolute Gasteiger partial charge is 2.00 e. The van der Waals surface area contributed by atoms with Gasteiger partial charge in [0.25, 0.3) is 0 Å². The average molecular weight is 278 g/mol. The third-order valence-corrected chi connectivity index (χ3v) is 1.22. The zero-order valence-corrected chi connectivity index (χ0v) is 9.67. The minimum absolute atomic E-state index is 0. The Labute approximate surface area is 93.4 Å². The third kappa shape index (κ3) is 6.81. The molecule has 0 radical (unpaired) electrons. The van der Waals surface area contributed by atoms with Gasteiger partial charge in [0.15, 0.2) is 0 Å². The van der Waals surface area contributed by atoms with E-state index in [1.807, 2.05) is 0 Å². The summed E-state index contributed by atoms with van der Waals surface area (Å²) in [6, 6.07) is 8.48. The smallest absolute Gasteiger partial charge is 1.00 e. The van der Waals surface area contributed by atoms with Crippen LogP contribution in [-0.4, -0.2) is 0 Å². The first-order valence-electron chi connectivity index (χ1n) is 2.82. The Morgan fingerprint density at radius 2 is 0.909 bits per heavy atom. The van der Waals surface area contributed by atoms with Crippen LogP contribution in [0.25, 0.3) is 0 Å². The summed E-state index contributed by atoms with van der Waals surface area (Å²) in [5, 5.41) is 0. The zero-order chi connectivity index (χ0) is 5.98. The van der Waals surface area contributed by atoms with Gasteiger partial charge in [-0.05, 0) is 13.8 Å². The second-order valence-electron chi connectivity index (χ2n) is 2.15. The van der Waals surface area contributed by atoms with E-state index < -0.39 is 0 Å². The van der Waals surface area contributed by atoms with Crippen LogP contribution in [0.3, 0.4) is 0 Å². The fraction of sp³-hybridized carbons (Fsp3) is 0.250. The van der Waals surface area contributed by atoms with Crippen molar-refractivity contribution in [1.82, 2.24) is 0 Å². The van der Waals surface area contributed by atoms with Gasteiger partial charge >= 0.3 is 19.5 Å². The fourth-order valence-electron chi connectivity index (χ4n) is 0.637. The molecule has 0 heterocycles. The molecule has 0 aliphatic heterocycles. The number of halogens is 2. The van der Waals surface area contributed by atoms with Crippen LogP contribution in [0.5, 0.6) is 0 Å². The van der Waals surface area contributed by atoms with E-state index in [4.69, 9.17) is 0 Å². The fourth-order valence-corrected chi connectivity index (χ4v) is 0.637. The first-order valence-corrected chi connectivity index (χ1v) is 2.82. The van der Waals surface area contributed by atoms with E-state index in [1.54, 1.807) is 0 Å². The summed E-state index contributed by atoms with van der Waals surface area (Å²) >= 11 is 0. The van der Waals surface area contributed by atoms with Crippen molar-refractivity contribution < 1.29 is 44.3 Å². The molecule has 3 heteroatoms. The maximum absolute atomic E-state index is 2.12. The Hall–Kier alpha value is 0.423. The van der Waals surface area contributed by atoms with Gasteiger partial charge in [0.1, 0.15) is 0 Å². The third-order valence-electron chi connectivity index (χ3n) is 1.22. The maximum atomic E-state index is 2.12. The number of rotatable bonds is 0. The Bertz CT molecular complexity index is 151. The number of hydrogen-bond donors (Lipinski definition) is 0. The Morgan fingerprint density at radius 3 is 1.09 bits per heavy atom. The Kier molecular flexibility index (Phi) is 13.5. The Balaban J connectivity index is -0.000000213. The second-order valence-corrected chi connectivity index (χ2v) is 2.15. The maximum Gasteiger partial charge on any atom is 2.00 e. The molecule has 0 aliphatic carbocycles. The molecule has 11 heavy (non-hydrogen) atoms. The van der Waals surface area contributed by atoms with E-state index in [0.29, 0.717) is 0 Å². The molecule has 0 nitrogen and oxygen atoms in total. The molecular weight excluding hydrogens is 268 g/mol. The molecule has 0 amide bonds. The Morgan fingerprint density at radius 1 is 0.727 bits per heavy atom. The summed E-state index contributed by atoms with van der Waals surface area (Å²) in [7, 11) is 0. The van der Waals surface area contributed by atoms with E-state index >= 15 is 0 Å². The predicted molar refractivity (Wildman–Crippen MR) is 35.9 cm³/mol. The molecule has 0 spiro atoms. The molecule has 0 aliphatic rings. The summed E-state index contributed by atoms with van der Waals surface area (Å²) in [6.45, 7) is 4.19. The van der Waals surface area contributed by atoms with Crippen LogP contribution >= 0.6 is 0 Å². The number of benzene rings is 1. The van der Waals surface area contributed by atoms with Crippen molar-refractivity contribution in [1.29, 1.82) is 0 Å². The van der Waals surface area contributed by atoms with Crippen LogP contribution in [0.4, 0.5) is 0 Å². The quantitative estimate of drug-likeness (QED) is 0.429. The zero-order valence-electron chi connectivity index (χ0n) is 6.42. The molecule has 1 aromatic rings. The van der Waals surface area contributed by atoms with Gasteiger partial charge in [-0.3, -0.25) is 0 Å². The van der Waals surface area contributed by atoms with Crippen molar-refractivity contribution in [3.8, 4) is 0 Å². The normalized spacial score (nSPS) is 6.73. The van der Waals surface area contributed by atoms with Gasteiger partial charge in [0.05, 0.1) is 0 Å². The van der Waals surface area contributed by atoms with E-state index in [9.17, 15) is 0 Å². The van der Waals surface area contributed by atoms with Crippen molar-refractivity contribution in [3.63, 3.8) is 0 Å². The van der Waals surface area contributed by atoms with E-state index in [1.165, 1.54) is 11.1 Å². The first-order chi connectivity index (χ1) is 3.79. The van der Waals surface area contributed by atoms with Crippen LogP contribution in [0.2, 0.25) is 0 Å². The summed E-state index contributed by atoms with van der Waals surface area (Å²) < 4.78 is 0. The van der Waals surface area contributed by atoms with Gasteiger partial charge in [-0.2, -0.15) is 0 Å². The molecule has 0 bridgehead atoms. The van der Waals surface area contributed by atoms with Gasteiger partial charge in [0.2, 0.25) is 0 Å². The molecule has 0 atom stereocenters. The molecule has 0 saturated carbocycles. The van der Waals surface area contributed by atoms with Gasteiger partial charge in [-0.25, -0.2) is 0 Å². The SMILES string of the molecule is Cc1ccc(C)cc1.[Cl-].[Cl-].[Ru+2]. The first kappa shape index (κ1) is 17.5. The summed E-state index contributed by atoms with van der Waals surface area (Å²) in [5.41, 5.74) is 2.66. The topological polar surface area (TPSA) is 0 Å². The van der Waals surface area contributed by atoms with Crippen LogP contribution in [-0.2, 0) is 19.5 Å². The summed E-state index contributed by atoms with van der Waals surface area (Å²) in [4.78, 5) is 0. The van der Waals surface area contributed by atoms with Crippen LogP contribution in [0.1, 0.15) is 11.1 Å². The van der Waals surface area contributed by atoms with Gasteiger partial charge in [-0.15, -0.1) is 0 Å². The molecule has 64 valence electrons. The van der Waals surface area contributed by atoms with Crippen molar-refractivity contribution in [2.75, 3.05) is 0 Å². The van der Waals surface area contributed by atoms with Crippen LogP contribution < -0.4 is 24.8 Å². The van der Waals surface area contributed by atoms with E-state index in [-0.39, 0.29) is 44.3 Å². The number of hydrogen-bond acceptors (Lipinski definition) is 0. The summed E-state index contributed by atoms with van der Waals surface area (Å²) in [6.07, 6.45) is 0. The summed E-state index contributed by atoms with van der Waals surface area (Å²) in [5.74, 6) is 0. The molecular formula is C8H10Cl2Ru. The monoisotopic (exact) mass is 278 g/mol. The van der Waals surface area contributed by atoms with Crippen molar-refractivity contribution >= 4 is 0 Å². The second kappa shape index (κ2) is 8.52. The van der Waals surface area contributed by atoms with Crippen molar-refractivity contribution in [2.24, 2.45) is 0 Å². The molecule has 0 unspecified atom stereocenters.